The largest absolute Gasteiger partial charge is 0.465 e. The predicted molar refractivity (Wildman–Crippen MR) is 100 cm³/mol. The lowest BCUT2D eigenvalue weighted by atomic mass is 10.1. The molecule has 1 aromatic heterocycles. The second-order valence-corrected chi connectivity index (χ2v) is 6.73. The van der Waals surface area contributed by atoms with Gasteiger partial charge < -0.3 is 20.1 Å². The van der Waals surface area contributed by atoms with Gasteiger partial charge in [-0.05, 0) is 30.7 Å². The number of ether oxygens (including phenoxy) is 2. The Bertz CT molecular complexity index is 900. The third-order valence-electron chi connectivity index (χ3n) is 3.53. The number of carbonyl (C=O) groups is 3. The number of hydrogen-bond acceptors (Lipinski definition) is 7. The number of rotatable bonds is 6. The van der Waals surface area contributed by atoms with Gasteiger partial charge in [0.1, 0.15) is 15.7 Å². The Balaban J connectivity index is 2.18. The summed E-state index contributed by atoms with van der Waals surface area (Å²) >= 11 is 6.57. The Hall–Kier alpha value is -2.65. The standard InChI is InChI=1S/C17H16ClFN2O5S/c1-8-13(16(23)25-2)15(27-14(8)17(24)26-3)21-12(22)7-20-11-5-4-9(18)6-10(11)19/h4-6,20H,7H2,1-3H3,(H,21,22). The van der Waals surface area contributed by atoms with Gasteiger partial charge >= 0.3 is 11.9 Å². The highest BCUT2D eigenvalue weighted by atomic mass is 35.5. The zero-order chi connectivity index (χ0) is 20.1. The van der Waals surface area contributed by atoms with Crippen molar-refractivity contribution in [2.75, 3.05) is 31.4 Å². The monoisotopic (exact) mass is 414 g/mol. The SMILES string of the molecule is COC(=O)c1sc(NC(=O)CNc2ccc(Cl)cc2F)c(C(=O)OC)c1C. The Morgan fingerprint density at radius 2 is 1.85 bits per heavy atom. The second kappa shape index (κ2) is 8.83. The zero-order valence-electron chi connectivity index (χ0n) is 14.6. The number of amides is 1. The van der Waals surface area contributed by atoms with E-state index in [2.05, 4.69) is 15.4 Å². The topological polar surface area (TPSA) is 93.7 Å². The van der Waals surface area contributed by atoms with Crippen LogP contribution in [0, 0.1) is 12.7 Å². The molecule has 144 valence electrons. The molecule has 0 atom stereocenters. The average molecular weight is 415 g/mol. The van der Waals surface area contributed by atoms with Crippen LogP contribution in [0.25, 0.3) is 0 Å². The number of halogens is 2. The number of methoxy groups -OCH3 is 2. The molecular weight excluding hydrogens is 399 g/mol. The van der Waals surface area contributed by atoms with E-state index in [9.17, 15) is 18.8 Å². The van der Waals surface area contributed by atoms with Crippen molar-refractivity contribution >= 4 is 51.5 Å². The van der Waals surface area contributed by atoms with Crippen LogP contribution in [0.2, 0.25) is 5.02 Å². The third kappa shape index (κ3) is 4.75. The number of carbonyl (C=O) groups excluding carboxylic acids is 3. The summed E-state index contributed by atoms with van der Waals surface area (Å²) in [6.07, 6.45) is 0. The Kier molecular flexibility index (Phi) is 6.75. The minimum atomic E-state index is -0.703. The highest BCUT2D eigenvalue weighted by Gasteiger charge is 2.26. The number of thiophene rings is 1. The van der Waals surface area contributed by atoms with E-state index in [0.717, 1.165) is 17.4 Å². The Labute approximate surface area is 163 Å². The lowest BCUT2D eigenvalue weighted by Crippen LogP contribution is -2.22. The van der Waals surface area contributed by atoms with Gasteiger partial charge in [0, 0.05) is 5.02 Å². The summed E-state index contributed by atoms with van der Waals surface area (Å²) in [6, 6.07) is 3.99. The minimum absolute atomic E-state index is 0.0638. The first-order valence-electron chi connectivity index (χ1n) is 7.57. The molecule has 0 spiro atoms. The van der Waals surface area contributed by atoms with Gasteiger partial charge in [-0.3, -0.25) is 4.79 Å². The molecule has 1 heterocycles. The molecule has 0 saturated carbocycles. The number of benzene rings is 1. The summed E-state index contributed by atoms with van der Waals surface area (Å²) in [7, 11) is 2.40. The van der Waals surface area contributed by atoms with Gasteiger partial charge in [-0.1, -0.05) is 11.6 Å². The fourth-order valence-corrected chi connectivity index (χ4v) is 3.50. The van der Waals surface area contributed by atoms with Gasteiger partial charge in [-0.2, -0.15) is 0 Å². The first kappa shape index (κ1) is 20.7. The van der Waals surface area contributed by atoms with Crippen LogP contribution in [0.5, 0.6) is 0 Å². The van der Waals surface area contributed by atoms with Gasteiger partial charge in [0.25, 0.3) is 0 Å². The van der Waals surface area contributed by atoms with Crippen molar-refractivity contribution in [1.82, 2.24) is 0 Å². The summed E-state index contributed by atoms with van der Waals surface area (Å²) in [5, 5.41) is 5.53. The van der Waals surface area contributed by atoms with E-state index in [4.69, 9.17) is 16.3 Å². The maximum atomic E-state index is 13.7. The summed E-state index contributed by atoms with van der Waals surface area (Å²) in [4.78, 5) is 36.2. The van der Waals surface area contributed by atoms with E-state index >= 15 is 0 Å². The first-order valence-corrected chi connectivity index (χ1v) is 8.76. The molecular formula is C17H16ClFN2O5S. The smallest absolute Gasteiger partial charge is 0.348 e. The normalized spacial score (nSPS) is 10.3. The molecule has 0 radical (unpaired) electrons. The molecule has 0 aliphatic heterocycles. The van der Waals surface area contributed by atoms with Gasteiger partial charge in [0.15, 0.2) is 0 Å². The van der Waals surface area contributed by atoms with Crippen molar-refractivity contribution in [2.45, 2.75) is 6.92 Å². The number of nitrogens with one attached hydrogen (secondary N) is 2. The summed E-state index contributed by atoms with van der Waals surface area (Å²) < 4.78 is 23.1. The highest BCUT2D eigenvalue weighted by Crippen LogP contribution is 2.34. The fraction of sp³-hybridized carbons (Fsp3) is 0.235. The molecule has 1 aromatic carbocycles. The maximum Gasteiger partial charge on any atom is 0.348 e. The van der Waals surface area contributed by atoms with Crippen molar-refractivity contribution in [2.24, 2.45) is 0 Å². The number of esters is 2. The molecule has 0 bridgehead atoms. The highest BCUT2D eigenvalue weighted by molar-refractivity contribution is 7.18. The molecule has 0 aliphatic carbocycles. The molecule has 0 saturated heterocycles. The van der Waals surface area contributed by atoms with Crippen molar-refractivity contribution in [3.8, 4) is 0 Å². The van der Waals surface area contributed by atoms with E-state index < -0.39 is 23.7 Å². The Morgan fingerprint density at radius 1 is 1.19 bits per heavy atom. The van der Waals surface area contributed by atoms with Gasteiger partial charge in [0.2, 0.25) is 5.91 Å². The molecule has 10 heteroatoms. The summed E-state index contributed by atoms with van der Waals surface area (Å²) in [5.74, 6) is -2.49. The molecule has 27 heavy (non-hydrogen) atoms. The lowest BCUT2D eigenvalue weighted by molar-refractivity contribution is -0.114. The van der Waals surface area contributed by atoms with Gasteiger partial charge in [0.05, 0.1) is 32.0 Å². The fourth-order valence-electron chi connectivity index (χ4n) is 2.22. The molecule has 7 nitrogen and oxygen atoms in total. The lowest BCUT2D eigenvalue weighted by Gasteiger charge is -2.09. The van der Waals surface area contributed by atoms with Crippen molar-refractivity contribution in [3.05, 3.63) is 45.0 Å². The first-order chi connectivity index (χ1) is 12.8. The van der Waals surface area contributed by atoms with Crippen LogP contribution >= 0.6 is 22.9 Å². The third-order valence-corrected chi connectivity index (χ3v) is 4.95. The van der Waals surface area contributed by atoms with Crippen molar-refractivity contribution < 1.29 is 28.2 Å². The van der Waals surface area contributed by atoms with E-state index in [0.29, 0.717) is 5.56 Å². The van der Waals surface area contributed by atoms with Crippen LogP contribution in [0.1, 0.15) is 25.6 Å². The molecule has 0 unspecified atom stereocenters. The quantitative estimate of drug-likeness (QED) is 0.703. The minimum Gasteiger partial charge on any atom is -0.465 e. The zero-order valence-corrected chi connectivity index (χ0v) is 16.2. The number of anilines is 2. The molecule has 1 amide bonds. The molecule has 2 rings (SSSR count). The van der Waals surface area contributed by atoms with Gasteiger partial charge in [-0.25, -0.2) is 14.0 Å². The van der Waals surface area contributed by atoms with Crippen LogP contribution in [-0.4, -0.2) is 38.6 Å². The van der Waals surface area contributed by atoms with E-state index in [-0.39, 0.29) is 32.7 Å². The van der Waals surface area contributed by atoms with Crippen molar-refractivity contribution in [1.29, 1.82) is 0 Å². The summed E-state index contributed by atoms with van der Waals surface area (Å²) in [6.45, 7) is 1.27. The molecule has 2 aromatic rings. The predicted octanol–water partition coefficient (Wildman–Crippen LogP) is 3.47. The Morgan fingerprint density at radius 3 is 2.44 bits per heavy atom. The van der Waals surface area contributed by atoms with Crippen LogP contribution < -0.4 is 10.6 Å². The van der Waals surface area contributed by atoms with Crippen molar-refractivity contribution in [3.63, 3.8) is 0 Å². The van der Waals surface area contributed by atoms with E-state index in [1.54, 1.807) is 6.92 Å². The number of hydrogen-bond donors (Lipinski definition) is 2. The van der Waals surface area contributed by atoms with Crippen LogP contribution in [-0.2, 0) is 14.3 Å². The van der Waals surface area contributed by atoms with Gasteiger partial charge in [-0.15, -0.1) is 11.3 Å². The average Bonchev–Trinajstić information content (AvgIpc) is 2.95. The second-order valence-electron chi connectivity index (χ2n) is 5.27. The molecule has 0 fully saturated rings. The molecule has 2 N–H and O–H groups in total. The molecule has 0 aliphatic rings. The van der Waals surface area contributed by atoms with Crippen LogP contribution in [0.4, 0.5) is 15.1 Å². The summed E-state index contributed by atoms with van der Waals surface area (Å²) in [5.41, 5.74) is 0.500. The van der Waals surface area contributed by atoms with E-state index in [1.807, 2.05) is 0 Å². The van der Waals surface area contributed by atoms with Crippen LogP contribution in [0.3, 0.4) is 0 Å². The van der Waals surface area contributed by atoms with E-state index in [1.165, 1.54) is 26.4 Å². The van der Waals surface area contributed by atoms with Crippen LogP contribution in [0.15, 0.2) is 18.2 Å². The maximum absolute atomic E-state index is 13.7.